The van der Waals surface area contributed by atoms with Gasteiger partial charge >= 0.3 is 0 Å². The van der Waals surface area contributed by atoms with Crippen molar-refractivity contribution < 1.29 is 19.0 Å². The Hall–Kier alpha value is -2.69. The largest absolute Gasteiger partial charge is 0.488 e. The van der Waals surface area contributed by atoms with Crippen molar-refractivity contribution in [2.75, 3.05) is 13.3 Å². The smallest absolute Gasteiger partial charge is 0.251 e. The molecule has 2 aliphatic rings. The highest BCUT2D eigenvalue weighted by molar-refractivity contribution is 5.94. The van der Waals surface area contributed by atoms with Crippen molar-refractivity contribution in [3.05, 3.63) is 53.1 Å². The molecule has 2 aliphatic heterocycles. The lowest BCUT2D eigenvalue weighted by Crippen LogP contribution is -2.34. The first-order chi connectivity index (χ1) is 12.4. The zero-order valence-corrected chi connectivity index (χ0v) is 15.3. The normalized spacial score (nSPS) is 17.6. The summed E-state index contributed by atoms with van der Waals surface area (Å²) >= 11 is 0. The zero-order chi connectivity index (χ0) is 18.3. The number of hydrogen-bond donors (Lipinski definition) is 1. The second-order valence-electron chi connectivity index (χ2n) is 7.79. The van der Waals surface area contributed by atoms with Crippen LogP contribution >= 0.6 is 0 Å². The van der Waals surface area contributed by atoms with Crippen molar-refractivity contribution in [2.45, 2.75) is 38.7 Å². The van der Waals surface area contributed by atoms with Gasteiger partial charge in [-0.1, -0.05) is 32.9 Å². The van der Waals surface area contributed by atoms with E-state index in [1.54, 1.807) is 18.2 Å². The molecule has 1 amide bonds. The summed E-state index contributed by atoms with van der Waals surface area (Å²) in [7, 11) is 0. The average Bonchev–Trinajstić information content (AvgIpc) is 3.23. The third-order valence-electron chi connectivity index (χ3n) is 4.79. The van der Waals surface area contributed by atoms with Crippen LogP contribution in [0.1, 0.15) is 42.3 Å². The van der Waals surface area contributed by atoms with Gasteiger partial charge in [0.2, 0.25) is 6.79 Å². The molecular weight excluding hydrogens is 330 g/mol. The van der Waals surface area contributed by atoms with Crippen molar-refractivity contribution >= 4 is 5.91 Å². The van der Waals surface area contributed by atoms with Crippen LogP contribution in [0, 0.1) is 0 Å². The van der Waals surface area contributed by atoms with Gasteiger partial charge in [0, 0.05) is 12.0 Å². The number of carbonyl (C=O) groups excluding carboxylic acids is 1. The van der Waals surface area contributed by atoms with E-state index in [-0.39, 0.29) is 24.2 Å². The summed E-state index contributed by atoms with van der Waals surface area (Å²) in [5.41, 5.74) is 3.17. The number of nitrogens with one attached hydrogen (secondary N) is 1. The molecule has 0 fully saturated rings. The Balaban J connectivity index is 1.37. The molecule has 0 aliphatic carbocycles. The van der Waals surface area contributed by atoms with Crippen LogP contribution in [0.15, 0.2) is 36.4 Å². The van der Waals surface area contributed by atoms with Crippen LogP contribution in [0.25, 0.3) is 0 Å². The third-order valence-corrected chi connectivity index (χ3v) is 4.79. The van der Waals surface area contributed by atoms with Crippen molar-refractivity contribution in [1.29, 1.82) is 0 Å². The SMILES string of the molecule is CC(C)(C)c1ccc2c(c1)C[C@@H](CNC(=O)c1ccc3c(c1)OCO3)O2. The number of benzene rings is 2. The average molecular weight is 353 g/mol. The standard InChI is InChI=1S/C21H23NO4/c1-21(2,3)15-5-7-17-14(8-15)9-16(26-17)11-22-20(23)13-4-6-18-19(10-13)25-12-24-18/h4-8,10,16H,9,11-12H2,1-3H3,(H,22,23)/t16-/m0/s1. The summed E-state index contributed by atoms with van der Waals surface area (Å²) in [5.74, 6) is 2.06. The van der Waals surface area contributed by atoms with E-state index in [0.29, 0.717) is 23.6 Å². The lowest BCUT2D eigenvalue weighted by atomic mass is 9.86. The summed E-state index contributed by atoms with van der Waals surface area (Å²) in [6.45, 7) is 7.27. The molecule has 5 nitrogen and oxygen atoms in total. The fraction of sp³-hybridized carbons (Fsp3) is 0.381. The first-order valence-electron chi connectivity index (χ1n) is 8.88. The molecule has 136 valence electrons. The van der Waals surface area contributed by atoms with Crippen LogP contribution in [0.3, 0.4) is 0 Å². The predicted octanol–water partition coefficient (Wildman–Crippen LogP) is 3.45. The van der Waals surface area contributed by atoms with Crippen molar-refractivity contribution in [1.82, 2.24) is 5.32 Å². The molecule has 26 heavy (non-hydrogen) atoms. The molecular formula is C21H23NO4. The Morgan fingerprint density at radius 1 is 1.08 bits per heavy atom. The number of carbonyl (C=O) groups is 1. The molecule has 0 saturated heterocycles. The lowest BCUT2D eigenvalue weighted by molar-refractivity contribution is 0.0933. The van der Waals surface area contributed by atoms with Crippen molar-refractivity contribution in [3.8, 4) is 17.2 Å². The molecule has 1 N–H and O–H groups in total. The second-order valence-corrected chi connectivity index (χ2v) is 7.79. The topological polar surface area (TPSA) is 56.8 Å². The minimum Gasteiger partial charge on any atom is -0.488 e. The summed E-state index contributed by atoms with van der Waals surface area (Å²) in [6.07, 6.45) is 0.763. The van der Waals surface area contributed by atoms with Crippen molar-refractivity contribution in [3.63, 3.8) is 0 Å². The fourth-order valence-corrected chi connectivity index (χ4v) is 3.25. The molecule has 5 heteroatoms. The number of rotatable bonds is 3. The highest BCUT2D eigenvalue weighted by Gasteiger charge is 2.26. The van der Waals surface area contributed by atoms with E-state index in [2.05, 4.69) is 38.2 Å². The second kappa shape index (κ2) is 6.24. The van der Waals surface area contributed by atoms with Crippen LogP contribution in [-0.2, 0) is 11.8 Å². The minimum atomic E-state index is -0.141. The molecule has 0 radical (unpaired) electrons. The van der Waals surface area contributed by atoms with Gasteiger partial charge in [-0.05, 0) is 40.8 Å². The van der Waals surface area contributed by atoms with E-state index >= 15 is 0 Å². The number of hydrogen-bond acceptors (Lipinski definition) is 4. The number of fused-ring (bicyclic) bond motifs is 2. The summed E-state index contributed by atoms with van der Waals surface area (Å²) < 4.78 is 16.6. The third kappa shape index (κ3) is 3.21. The highest BCUT2D eigenvalue weighted by atomic mass is 16.7. The van der Waals surface area contributed by atoms with Crippen LogP contribution in [0.2, 0.25) is 0 Å². The molecule has 2 heterocycles. The maximum Gasteiger partial charge on any atom is 0.251 e. The first kappa shape index (κ1) is 16.8. The zero-order valence-electron chi connectivity index (χ0n) is 15.3. The first-order valence-corrected chi connectivity index (χ1v) is 8.88. The predicted molar refractivity (Wildman–Crippen MR) is 98.2 cm³/mol. The van der Waals surface area contributed by atoms with Crippen molar-refractivity contribution in [2.24, 2.45) is 0 Å². The Labute approximate surface area is 153 Å². The highest BCUT2D eigenvalue weighted by Crippen LogP contribution is 2.34. The van der Waals surface area contributed by atoms with Crippen LogP contribution < -0.4 is 19.5 Å². The van der Waals surface area contributed by atoms with Crippen LogP contribution in [0.5, 0.6) is 17.2 Å². The monoisotopic (exact) mass is 353 g/mol. The Morgan fingerprint density at radius 2 is 1.85 bits per heavy atom. The van der Waals surface area contributed by atoms with Gasteiger partial charge in [0.25, 0.3) is 5.91 Å². The van der Waals surface area contributed by atoms with Gasteiger partial charge in [-0.25, -0.2) is 0 Å². The fourth-order valence-electron chi connectivity index (χ4n) is 3.25. The van der Waals surface area contributed by atoms with Crippen LogP contribution in [-0.4, -0.2) is 25.3 Å². The van der Waals surface area contributed by atoms with Gasteiger partial charge in [0.15, 0.2) is 11.5 Å². The Morgan fingerprint density at radius 3 is 2.65 bits per heavy atom. The number of ether oxygens (including phenoxy) is 3. The molecule has 0 unspecified atom stereocenters. The van der Waals surface area contributed by atoms with E-state index in [1.165, 1.54) is 11.1 Å². The van der Waals surface area contributed by atoms with E-state index in [0.717, 1.165) is 12.2 Å². The van der Waals surface area contributed by atoms with Gasteiger partial charge in [-0.2, -0.15) is 0 Å². The molecule has 0 saturated carbocycles. The summed E-state index contributed by atoms with van der Waals surface area (Å²) in [5, 5.41) is 2.95. The maximum absolute atomic E-state index is 12.4. The molecule has 4 rings (SSSR count). The molecule has 2 aromatic carbocycles. The maximum atomic E-state index is 12.4. The molecule has 0 spiro atoms. The lowest BCUT2D eigenvalue weighted by Gasteiger charge is -2.19. The molecule has 2 aromatic rings. The molecule has 1 atom stereocenters. The van der Waals surface area contributed by atoms with E-state index < -0.39 is 0 Å². The van der Waals surface area contributed by atoms with E-state index in [4.69, 9.17) is 14.2 Å². The molecule has 0 bridgehead atoms. The Kier molecular flexibility index (Phi) is 4.02. The minimum absolute atomic E-state index is 0.0434. The summed E-state index contributed by atoms with van der Waals surface area (Å²) in [6, 6.07) is 11.6. The van der Waals surface area contributed by atoms with Gasteiger partial charge in [0.05, 0.1) is 6.54 Å². The number of amides is 1. The van der Waals surface area contributed by atoms with E-state index in [1.807, 2.05) is 6.07 Å². The van der Waals surface area contributed by atoms with Gasteiger partial charge in [-0.3, -0.25) is 4.79 Å². The van der Waals surface area contributed by atoms with Crippen LogP contribution in [0.4, 0.5) is 0 Å². The molecule has 0 aromatic heterocycles. The van der Waals surface area contributed by atoms with E-state index in [9.17, 15) is 4.79 Å². The summed E-state index contributed by atoms with van der Waals surface area (Å²) in [4.78, 5) is 12.4. The van der Waals surface area contributed by atoms with Gasteiger partial charge < -0.3 is 19.5 Å². The van der Waals surface area contributed by atoms with Gasteiger partial charge in [-0.15, -0.1) is 0 Å². The Bertz CT molecular complexity index is 854. The van der Waals surface area contributed by atoms with Gasteiger partial charge in [0.1, 0.15) is 11.9 Å². The quantitative estimate of drug-likeness (QED) is 0.918.